The van der Waals surface area contributed by atoms with E-state index in [-0.39, 0.29) is 30.3 Å². The van der Waals surface area contributed by atoms with Gasteiger partial charge in [0.25, 0.3) is 5.91 Å². The first-order valence-electron chi connectivity index (χ1n) is 11.8. The second-order valence-electron chi connectivity index (χ2n) is 7.84. The Kier molecular flexibility index (Phi) is 10.7. The van der Waals surface area contributed by atoms with Crippen LogP contribution in [0.2, 0.25) is 0 Å². The molecule has 0 saturated heterocycles. The van der Waals surface area contributed by atoms with Crippen molar-refractivity contribution in [3.8, 4) is 0 Å². The van der Waals surface area contributed by atoms with Crippen molar-refractivity contribution in [3.05, 3.63) is 76.8 Å². The van der Waals surface area contributed by atoms with Crippen LogP contribution in [0.25, 0.3) is 0 Å². The zero-order valence-electron chi connectivity index (χ0n) is 20.4. The number of thiazole rings is 1. The third-order valence-electron chi connectivity index (χ3n) is 5.06. The average molecular weight is 524 g/mol. The Labute approximate surface area is 218 Å². The highest BCUT2D eigenvalue weighted by Crippen LogP contribution is 2.18. The molecular weight excluding hydrogens is 494 g/mol. The fraction of sp³-hybridized carbons (Fsp3) is 0.269. The van der Waals surface area contributed by atoms with Crippen LogP contribution in [-0.2, 0) is 16.1 Å². The third-order valence-corrected chi connectivity index (χ3v) is 5.82. The van der Waals surface area contributed by atoms with Crippen molar-refractivity contribution in [2.45, 2.75) is 26.3 Å². The number of amides is 3. The van der Waals surface area contributed by atoms with Crippen LogP contribution in [0.3, 0.4) is 0 Å². The second kappa shape index (κ2) is 14.5. The lowest BCUT2D eigenvalue weighted by atomic mass is 10.1. The third kappa shape index (κ3) is 9.47. The van der Waals surface area contributed by atoms with E-state index in [1.54, 1.807) is 36.6 Å². The van der Waals surface area contributed by atoms with Gasteiger partial charge in [-0.05, 0) is 36.8 Å². The van der Waals surface area contributed by atoms with Crippen molar-refractivity contribution in [1.82, 2.24) is 15.6 Å². The summed E-state index contributed by atoms with van der Waals surface area (Å²) in [7, 11) is 0. The molecule has 1 heterocycles. The molecule has 0 bridgehead atoms. The van der Waals surface area contributed by atoms with Crippen LogP contribution in [0.1, 0.15) is 46.2 Å². The summed E-state index contributed by atoms with van der Waals surface area (Å²) in [5.41, 5.74) is 2.16. The Morgan fingerprint density at radius 2 is 1.65 bits per heavy atom. The number of nitrogens with one attached hydrogen (secondary N) is 4. The number of hydrogen-bond acceptors (Lipinski definition) is 8. The molecular formula is C26H29N5O5S. The average Bonchev–Trinajstić information content (AvgIpc) is 3.37. The normalized spacial score (nSPS) is 10.4. The molecule has 10 nitrogen and oxygen atoms in total. The van der Waals surface area contributed by atoms with Crippen LogP contribution < -0.4 is 21.3 Å². The number of urea groups is 1. The SMILES string of the molecule is CCOC(=O)CCNCCC(=O)c1ccc(NC(=O)c2csc(NC(=O)NCc3ccccc3)n2)cc1. The Hall–Kier alpha value is -4.09. The predicted octanol–water partition coefficient (Wildman–Crippen LogP) is 3.83. The van der Waals surface area contributed by atoms with Gasteiger partial charge < -0.3 is 20.7 Å². The van der Waals surface area contributed by atoms with E-state index >= 15 is 0 Å². The number of ketones is 1. The van der Waals surface area contributed by atoms with Crippen LogP contribution in [0.4, 0.5) is 15.6 Å². The highest BCUT2D eigenvalue weighted by molar-refractivity contribution is 7.14. The summed E-state index contributed by atoms with van der Waals surface area (Å²) >= 11 is 1.14. The molecule has 0 aliphatic heterocycles. The lowest BCUT2D eigenvalue weighted by Gasteiger charge is -2.07. The van der Waals surface area contributed by atoms with Crippen molar-refractivity contribution in [1.29, 1.82) is 0 Å². The van der Waals surface area contributed by atoms with Gasteiger partial charge in [0.05, 0.1) is 13.0 Å². The molecule has 0 aliphatic carbocycles. The van der Waals surface area contributed by atoms with Gasteiger partial charge in [0, 0.05) is 42.7 Å². The highest BCUT2D eigenvalue weighted by Gasteiger charge is 2.13. The topological polar surface area (TPSA) is 139 Å². The number of ether oxygens (including phenoxy) is 1. The van der Waals surface area contributed by atoms with Gasteiger partial charge in [0.1, 0.15) is 5.69 Å². The molecule has 0 unspecified atom stereocenters. The smallest absolute Gasteiger partial charge is 0.321 e. The number of esters is 1. The number of Topliss-reactive ketones (excluding diaryl/α,β-unsaturated/α-hetero) is 1. The molecule has 0 fully saturated rings. The summed E-state index contributed by atoms with van der Waals surface area (Å²) in [5, 5.41) is 13.0. The highest BCUT2D eigenvalue weighted by atomic mass is 32.1. The zero-order chi connectivity index (χ0) is 26.5. The van der Waals surface area contributed by atoms with Crippen LogP contribution in [0, 0.1) is 0 Å². The quantitative estimate of drug-likeness (QED) is 0.152. The summed E-state index contributed by atoms with van der Waals surface area (Å²) in [4.78, 5) is 52.4. The number of aromatic nitrogens is 1. The van der Waals surface area contributed by atoms with Crippen LogP contribution in [0.5, 0.6) is 0 Å². The standard InChI is InChI=1S/C26H29N5O5S/c1-2-36-23(33)13-15-27-14-12-22(32)19-8-10-20(11-9-19)29-24(34)21-17-37-26(30-21)31-25(35)28-16-18-6-4-3-5-7-18/h3-11,17,27H,2,12-16H2,1H3,(H,29,34)(H2,28,30,31,35). The number of rotatable bonds is 13. The number of benzene rings is 2. The lowest BCUT2D eigenvalue weighted by molar-refractivity contribution is -0.142. The molecule has 11 heteroatoms. The van der Waals surface area contributed by atoms with Crippen molar-refractivity contribution in [2.24, 2.45) is 0 Å². The first kappa shape index (κ1) is 27.5. The van der Waals surface area contributed by atoms with E-state index in [0.717, 1.165) is 16.9 Å². The number of carbonyl (C=O) groups is 4. The summed E-state index contributed by atoms with van der Waals surface area (Å²) in [6.45, 7) is 3.37. The van der Waals surface area contributed by atoms with Crippen LogP contribution in [-0.4, -0.2) is 48.4 Å². The maximum Gasteiger partial charge on any atom is 0.321 e. The van der Waals surface area contributed by atoms with Gasteiger partial charge in [-0.1, -0.05) is 30.3 Å². The molecule has 0 spiro atoms. The first-order valence-corrected chi connectivity index (χ1v) is 12.7. The summed E-state index contributed by atoms with van der Waals surface area (Å²) in [6.07, 6.45) is 0.538. The first-order chi connectivity index (χ1) is 17.9. The molecule has 0 saturated carbocycles. The largest absolute Gasteiger partial charge is 0.466 e. The van der Waals surface area contributed by atoms with Crippen LogP contribution in [0.15, 0.2) is 60.0 Å². The Bertz CT molecular complexity index is 1200. The minimum atomic E-state index is -0.432. The monoisotopic (exact) mass is 523 g/mol. The zero-order valence-corrected chi connectivity index (χ0v) is 21.2. The van der Waals surface area contributed by atoms with Gasteiger partial charge in [-0.2, -0.15) is 0 Å². The molecule has 3 amide bonds. The minimum absolute atomic E-state index is 0.0535. The molecule has 0 atom stereocenters. The predicted molar refractivity (Wildman–Crippen MR) is 142 cm³/mol. The van der Waals surface area contributed by atoms with Gasteiger partial charge in [0.2, 0.25) is 0 Å². The molecule has 0 aliphatic rings. The minimum Gasteiger partial charge on any atom is -0.466 e. The van der Waals surface area contributed by atoms with Crippen molar-refractivity contribution < 1.29 is 23.9 Å². The number of anilines is 2. The van der Waals surface area contributed by atoms with Crippen LogP contribution >= 0.6 is 11.3 Å². The van der Waals surface area contributed by atoms with Gasteiger partial charge in [0.15, 0.2) is 10.9 Å². The molecule has 37 heavy (non-hydrogen) atoms. The fourth-order valence-corrected chi connectivity index (χ4v) is 3.87. The molecule has 2 aromatic carbocycles. The Morgan fingerprint density at radius 1 is 0.919 bits per heavy atom. The van der Waals surface area contributed by atoms with Gasteiger partial charge >= 0.3 is 12.0 Å². The van der Waals surface area contributed by atoms with Gasteiger partial charge in [-0.15, -0.1) is 11.3 Å². The number of nitrogens with zero attached hydrogens (tertiary/aromatic N) is 1. The molecule has 3 aromatic rings. The fourth-order valence-electron chi connectivity index (χ4n) is 3.18. The van der Waals surface area contributed by atoms with Crippen molar-refractivity contribution in [2.75, 3.05) is 30.3 Å². The summed E-state index contributed by atoms with van der Waals surface area (Å²) < 4.78 is 4.85. The van der Waals surface area contributed by atoms with E-state index in [1.165, 1.54) is 0 Å². The Morgan fingerprint density at radius 3 is 2.38 bits per heavy atom. The molecule has 194 valence electrons. The van der Waals surface area contributed by atoms with E-state index in [1.807, 2.05) is 30.3 Å². The van der Waals surface area contributed by atoms with Crippen molar-refractivity contribution >= 4 is 45.8 Å². The summed E-state index contributed by atoms with van der Waals surface area (Å²) in [6, 6.07) is 15.6. The number of carbonyl (C=O) groups excluding carboxylic acids is 4. The van der Waals surface area contributed by atoms with E-state index in [4.69, 9.17) is 4.74 Å². The van der Waals surface area contributed by atoms with E-state index in [9.17, 15) is 19.2 Å². The summed E-state index contributed by atoms with van der Waals surface area (Å²) in [5.74, 6) is -0.755. The maximum atomic E-state index is 12.5. The van der Waals surface area contributed by atoms with E-state index < -0.39 is 11.9 Å². The van der Waals surface area contributed by atoms with E-state index in [2.05, 4.69) is 26.3 Å². The molecule has 3 rings (SSSR count). The molecule has 0 radical (unpaired) electrons. The van der Waals surface area contributed by atoms with Crippen molar-refractivity contribution in [3.63, 3.8) is 0 Å². The number of hydrogen-bond donors (Lipinski definition) is 4. The Balaban J connectivity index is 1.40. The molecule has 4 N–H and O–H groups in total. The molecule has 1 aromatic heterocycles. The van der Waals surface area contributed by atoms with Gasteiger partial charge in [-0.25, -0.2) is 9.78 Å². The van der Waals surface area contributed by atoms with E-state index in [0.29, 0.717) is 42.6 Å². The maximum absolute atomic E-state index is 12.5. The second-order valence-corrected chi connectivity index (χ2v) is 8.70. The van der Waals surface area contributed by atoms with Gasteiger partial charge in [-0.3, -0.25) is 19.7 Å². The lowest BCUT2D eigenvalue weighted by Crippen LogP contribution is -2.28.